The highest BCUT2D eigenvalue weighted by atomic mass is 32.1. The van der Waals surface area contributed by atoms with E-state index in [-0.39, 0.29) is 0 Å². The lowest BCUT2D eigenvalue weighted by Crippen LogP contribution is -1.94. The van der Waals surface area contributed by atoms with E-state index >= 15 is 0 Å². The SMILES string of the molecule is CCC(=Nc1ccc(OC)cc1)c1cccs1. The fraction of sp³-hybridized carbons (Fsp3) is 0.214. The molecule has 1 aromatic carbocycles. The number of thiophene rings is 1. The molecule has 17 heavy (non-hydrogen) atoms. The number of methoxy groups -OCH3 is 1. The molecule has 0 spiro atoms. The minimum atomic E-state index is 0.859. The van der Waals surface area contributed by atoms with Gasteiger partial charge in [0.2, 0.25) is 0 Å². The molecule has 2 aromatic rings. The van der Waals surface area contributed by atoms with Crippen LogP contribution in [-0.2, 0) is 0 Å². The Kier molecular flexibility index (Phi) is 3.94. The fourth-order valence-corrected chi connectivity index (χ4v) is 2.35. The van der Waals surface area contributed by atoms with Crippen molar-refractivity contribution in [1.29, 1.82) is 0 Å². The van der Waals surface area contributed by atoms with Crippen LogP contribution in [0.2, 0.25) is 0 Å². The summed E-state index contributed by atoms with van der Waals surface area (Å²) in [5, 5.41) is 2.08. The van der Waals surface area contributed by atoms with Gasteiger partial charge in [0.1, 0.15) is 5.75 Å². The molecule has 0 aliphatic heterocycles. The maximum absolute atomic E-state index is 5.13. The monoisotopic (exact) mass is 245 g/mol. The minimum Gasteiger partial charge on any atom is -0.497 e. The first kappa shape index (κ1) is 11.9. The number of hydrogen-bond donors (Lipinski definition) is 0. The summed E-state index contributed by atoms with van der Waals surface area (Å²) >= 11 is 1.73. The first-order valence-corrected chi connectivity index (χ1v) is 6.47. The van der Waals surface area contributed by atoms with Gasteiger partial charge in [0.15, 0.2) is 0 Å². The summed E-state index contributed by atoms with van der Waals surface area (Å²) in [6.07, 6.45) is 0.937. The predicted molar refractivity (Wildman–Crippen MR) is 73.8 cm³/mol. The van der Waals surface area contributed by atoms with E-state index in [2.05, 4.69) is 29.4 Å². The summed E-state index contributed by atoms with van der Waals surface area (Å²) < 4.78 is 5.13. The van der Waals surface area contributed by atoms with Gasteiger partial charge >= 0.3 is 0 Å². The molecule has 0 N–H and O–H groups in total. The van der Waals surface area contributed by atoms with Crippen LogP contribution in [0.5, 0.6) is 5.75 Å². The van der Waals surface area contributed by atoms with E-state index in [9.17, 15) is 0 Å². The zero-order valence-electron chi connectivity index (χ0n) is 10.0. The highest BCUT2D eigenvalue weighted by molar-refractivity contribution is 7.12. The zero-order valence-corrected chi connectivity index (χ0v) is 10.8. The highest BCUT2D eigenvalue weighted by Crippen LogP contribution is 2.21. The fourth-order valence-electron chi connectivity index (χ4n) is 1.56. The molecular weight excluding hydrogens is 230 g/mol. The Balaban J connectivity index is 2.26. The zero-order chi connectivity index (χ0) is 12.1. The second-order valence-electron chi connectivity index (χ2n) is 3.59. The summed E-state index contributed by atoms with van der Waals surface area (Å²) in [4.78, 5) is 5.91. The van der Waals surface area contributed by atoms with Crippen molar-refractivity contribution in [3.8, 4) is 5.75 Å². The maximum atomic E-state index is 5.13. The molecule has 0 atom stereocenters. The van der Waals surface area contributed by atoms with E-state index in [0.717, 1.165) is 23.6 Å². The van der Waals surface area contributed by atoms with Gasteiger partial charge in [-0.15, -0.1) is 11.3 Å². The van der Waals surface area contributed by atoms with Crippen molar-refractivity contribution in [3.63, 3.8) is 0 Å². The third-order valence-electron chi connectivity index (χ3n) is 2.48. The van der Waals surface area contributed by atoms with Crippen LogP contribution in [0.15, 0.2) is 46.8 Å². The van der Waals surface area contributed by atoms with Crippen LogP contribution in [0.25, 0.3) is 0 Å². The van der Waals surface area contributed by atoms with Crippen LogP contribution in [0.3, 0.4) is 0 Å². The molecule has 88 valence electrons. The van der Waals surface area contributed by atoms with E-state index in [4.69, 9.17) is 4.74 Å². The van der Waals surface area contributed by atoms with E-state index in [1.165, 1.54) is 4.88 Å². The van der Waals surface area contributed by atoms with Crippen LogP contribution in [0, 0.1) is 0 Å². The maximum Gasteiger partial charge on any atom is 0.119 e. The van der Waals surface area contributed by atoms with Gasteiger partial charge in [-0.3, -0.25) is 4.99 Å². The average molecular weight is 245 g/mol. The number of rotatable bonds is 4. The predicted octanol–water partition coefficient (Wildman–Crippen LogP) is 4.29. The molecule has 0 saturated carbocycles. The van der Waals surface area contributed by atoms with Gasteiger partial charge < -0.3 is 4.74 Å². The molecule has 0 amide bonds. The molecule has 1 heterocycles. The average Bonchev–Trinajstić information content (AvgIpc) is 2.90. The quantitative estimate of drug-likeness (QED) is 0.736. The second-order valence-corrected chi connectivity index (χ2v) is 4.54. The lowest BCUT2D eigenvalue weighted by atomic mass is 10.2. The van der Waals surface area contributed by atoms with Gasteiger partial charge in [0.05, 0.1) is 18.5 Å². The van der Waals surface area contributed by atoms with Gasteiger partial charge in [-0.1, -0.05) is 13.0 Å². The summed E-state index contributed by atoms with van der Waals surface area (Å²) in [6, 6.07) is 12.0. The lowest BCUT2D eigenvalue weighted by molar-refractivity contribution is 0.415. The van der Waals surface area contributed by atoms with E-state index in [1.54, 1.807) is 18.4 Å². The number of aliphatic imine (C=N–C) groups is 1. The van der Waals surface area contributed by atoms with Crippen molar-refractivity contribution in [3.05, 3.63) is 46.7 Å². The molecule has 0 bridgehead atoms. The molecular formula is C14H15NOS. The Bertz CT molecular complexity index is 485. The lowest BCUT2D eigenvalue weighted by Gasteiger charge is -2.02. The van der Waals surface area contributed by atoms with Crippen molar-refractivity contribution in [1.82, 2.24) is 0 Å². The summed E-state index contributed by atoms with van der Waals surface area (Å²) in [5.74, 6) is 0.859. The Labute approximate surface area is 106 Å². The number of hydrogen-bond acceptors (Lipinski definition) is 3. The van der Waals surface area contributed by atoms with Crippen LogP contribution in [0.1, 0.15) is 18.2 Å². The molecule has 0 fully saturated rings. The molecule has 0 aliphatic carbocycles. The molecule has 3 heteroatoms. The third kappa shape index (κ3) is 2.94. The number of nitrogens with zero attached hydrogens (tertiary/aromatic N) is 1. The second kappa shape index (κ2) is 5.64. The van der Waals surface area contributed by atoms with Gasteiger partial charge in [0, 0.05) is 4.88 Å². The van der Waals surface area contributed by atoms with Crippen molar-refractivity contribution in [2.75, 3.05) is 7.11 Å². The van der Waals surface area contributed by atoms with Crippen molar-refractivity contribution >= 4 is 22.7 Å². The smallest absolute Gasteiger partial charge is 0.119 e. The summed E-state index contributed by atoms with van der Waals surface area (Å²) in [6.45, 7) is 2.13. The molecule has 1 aromatic heterocycles. The summed E-state index contributed by atoms with van der Waals surface area (Å²) in [5.41, 5.74) is 2.10. The first-order valence-electron chi connectivity index (χ1n) is 5.59. The number of benzene rings is 1. The Morgan fingerprint density at radius 3 is 2.53 bits per heavy atom. The Hall–Kier alpha value is -1.61. The van der Waals surface area contributed by atoms with Crippen molar-refractivity contribution in [2.24, 2.45) is 4.99 Å². The van der Waals surface area contributed by atoms with Crippen molar-refractivity contribution in [2.45, 2.75) is 13.3 Å². The van der Waals surface area contributed by atoms with Gasteiger partial charge in [0.25, 0.3) is 0 Å². The highest BCUT2D eigenvalue weighted by Gasteiger charge is 2.02. The topological polar surface area (TPSA) is 21.6 Å². The summed E-state index contributed by atoms with van der Waals surface area (Å²) in [7, 11) is 1.67. The van der Waals surface area contributed by atoms with Gasteiger partial charge in [-0.2, -0.15) is 0 Å². The normalized spacial score (nSPS) is 11.5. The first-order chi connectivity index (χ1) is 8.33. The largest absolute Gasteiger partial charge is 0.497 e. The number of ether oxygens (including phenoxy) is 1. The van der Waals surface area contributed by atoms with Gasteiger partial charge in [-0.05, 0) is 42.1 Å². The van der Waals surface area contributed by atoms with Crippen LogP contribution in [0.4, 0.5) is 5.69 Å². The van der Waals surface area contributed by atoms with Crippen LogP contribution < -0.4 is 4.74 Å². The Morgan fingerprint density at radius 2 is 2.00 bits per heavy atom. The minimum absolute atomic E-state index is 0.859. The molecule has 2 nitrogen and oxygen atoms in total. The molecule has 0 unspecified atom stereocenters. The molecule has 2 rings (SSSR count). The Morgan fingerprint density at radius 1 is 1.24 bits per heavy atom. The molecule has 0 aliphatic rings. The third-order valence-corrected chi connectivity index (χ3v) is 3.40. The van der Waals surface area contributed by atoms with E-state index < -0.39 is 0 Å². The van der Waals surface area contributed by atoms with Crippen LogP contribution >= 0.6 is 11.3 Å². The molecule has 0 radical (unpaired) electrons. The van der Waals surface area contributed by atoms with E-state index in [1.807, 2.05) is 24.3 Å². The van der Waals surface area contributed by atoms with Gasteiger partial charge in [-0.25, -0.2) is 0 Å². The van der Waals surface area contributed by atoms with E-state index in [0.29, 0.717) is 0 Å². The van der Waals surface area contributed by atoms with Crippen LogP contribution in [-0.4, -0.2) is 12.8 Å². The van der Waals surface area contributed by atoms with Crippen molar-refractivity contribution < 1.29 is 4.74 Å². The molecule has 0 saturated heterocycles. The standard InChI is InChI=1S/C14H15NOS/c1-3-13(14-5-4-10-17-14)15-11-6-8-12(16-2)9-7-11/h4-10H,3H2,1-2H3.